The van der Waals surface area contributed by atoms with E-state index in [1.807, 2.05) is 0 Å². The summed E-state index contributed by atoms with van der Waals surface area (Å²) in [6.07, 6.45) is 4.42. The molecule has 1 aliphatic carbocycles. The van der Waals surface area contributed by atoms with Gasteiger partial charge in [-0.05, 0) is 44.4 Å². The Morgan fingerprint density at radius 2 is 1.70 bits per heavy atom. The summed E-state index contributed by atoms with van der Waals surface area (Å²) in [6.45, 7) is 1.10. The smallest absolute Gasteiger partial charge is 0.257 e. The van der Waals surface area contributed by atoms with Crippen LogP contribution in [0.15, 0.2) is 30.0 Å². The van der Waals surface area contributed by atoms with Crippen molar-refractivity contribution in [1.82, 2.24) is 10.6 Å². The number of ether oxygens (including phenoxy) is 1. The third kappa shape index (κ3) is 6.70. The Bertz CT molecular complexity index is 834. The van der Waals surface area contributed by atoms with Gasteiger partial charge in [-0.2, -0.15) is 0 Å². The van der Waals surface area contributed by atoms with E-state index in [1.165, 1.54) is 18.2 Å². The predicted octanol–water partition coefficient (Wildman–Crippen LogP) is 0.813. The van der Waals surface area contributed by atoms with E-state index in [-0.39, 0.29) is 28.5 Å². The minimum atomic E-state index is -0.560. The van der Waals surface area contributed by atoms with E-state index in [2.05, 4.69) is 10.6 Å². The minimum absolute atomic E-state index is 0.00394. The van der Waals surface area contributed by atoms with Gasteiger partial charge in [0.1, 0.15) is 5.75 Å². The van der Waals surface area contributed by atoms with Crippen LogP contribution < -0.4 is 16.4 Å². The van der Waals surface area contributed by atoms with Gasteiger partial charge in [0.25, 0.3) is 5.91 Å². The third-order valence-electron chi connectivity index (χ3n) is 4.48. The van der Waals surface area contributed by atoms with Crippen molar-refractivity contribution in [2.75, 3.05) is 26.2 Å². The van der Waals surface area contributed by atoms with Crippen LogP contribution in [0.25, 0.3) is 0 Å². The van der Waals surface area contributed by atoms with Gasteiger partial charge in [-0.3, -0.25) is 19.2 Å². The summed E-state index contributed by atoms with van der Waals surface area (Å²) in [5.41, 5.74) is 5.36. The Balaban J connectivity index is 1.64. The lowest BCUT2D eigenvalue weighted by Crippen LogP contribution is -2.30. The Labute approximate surface area is 174 Å². The van der Waals surface area contributed by atoms with Crippen molar-refractivity contribution in [1.29, 1.82) is 0 Å². The molecule has 0 bridgehead atoms. The molecule has 0 unspecified atom stereocenters. The van der Waals surface area contributed by atoms with Crippen LogP contribution in [0.4, 0.5) is 0 Å². The fourth-order valence-corrected chi connectivity index (χ4v) is 2.90. The molecule has 0 radical (unpaired) electrons. The number of rotatable bonds is 12. The number of Topliss-reactive ketones (excluding diaryl/α,β-unsaturated/α-hetero) is 1. The van der Waals surface area contributed by atoms with Gasteiger partial charge in [0.15, 0.2) is 18.1 Å². The van der Waals surface area contributed by atoms with Crippen LogP contribution in [-0.2, 0) is 14.3 Å². The Morgan fingerprint density at radius 3 is 2.40 bits per heavy atom. The standard InChI is InChI=1S/C21H27N3O6/c22-9-2-1-8-18(27)23-10-3-4-11-24-19(28)13-30-17-12-16(26)20-14(21(17)29)6-5-7-15(20)25/h5-7,12,25H,1-4,8-11,13,22H2,(H,23,27)(H,24,28). The molecule has 162 valence electrons. The van der Waals surface area contributed by atoms with Crippen molar-refractivity contribution in [3.63, 3.8) is 0 Å². The summed E-state index contributed by atoms with van der Waals surface area (Å²) in [7, 11) is 0. The van der Waals surface area contributed by atoms with Crippen molar-refractivity contribution >= 4 is 23.4 Å². The third-order valence-corrected chi connectivity index (χ3v) is 4.48. The zero-order chi connectivity index (χ0) is 21.9. The number of hydrogen-bond donors (Lipinski definition) is 4. The number of phenols is 1. The summed E-state index contributed by atoms with van der Waals surface area (Å²) in [6, 6.07) is 4.20. The lowest BCUT2D eigenvalue weighted by Gasteiger charge is -2.16. The normalized spacial score (nSPS) is 12.8. The summed E-state index contributed by atoms with van der Waals surface area (Å²) in [5.74, 6) is -2.05. The highest BCUT2D eigenvalue weighted by molar-refractivity contribution is 6.24. The molecule has 1 aromatic carbocycles. The molecule has 0 saturated carbocycles. The van der Waals surface area contributed by atoms with Gasteiger partial charge in [0, 0.05) is 31.1 Å². The first-order chi connectivity index (χ1) is 14.4. The number of nitrogens with one attached hydrogen (secondary N) is 2. The Hall–Kier alpha value is -3.20. The largest absolute Gasteiger partial charge is 0.507 e. The van der Waals surface area contributed by atoms with Crippen LogP contribution in [0.2, 0.25) is 0 Å². The van der Waals surface area contributed by atoms with Gasteiger partial charge in [0.2, 0.25) is 11.7 Å². The van der Waals surface area contributed by atoms with Crippen LogP contribution >= 0.6 is 0 Å². The molecule has 0 saturated heterocycles. The Kier molecular flexibility index (Phi) is 9.02. The maximum absolute atomic E-state index is 12.4. The first kappa shape index (κ1) is 23.1. The molecule has 0 heterocycles. The number of benzene rings is 1. The molecule has 0 spiro atoms. The highest BCUT2D eigenvalue weighted by Crippen LogP contribution is 2.28. The molecule has 0 aromatic heterocycles. The highest BCUT2D eigenvalue weighted by Gasteiger charge is 2.29. The molecule has 0 fully saturated rings. The van der Waals surface area contributed by atoms with E-state index in [1.54, 1.807) is 0 Å². The lowest BCUT2D eigenvalue weighted by molar-refractivity contribution is -0.124. The maximum Gasteiger partial charge on any atom is 0.257 e. The van der Waals surface area contributed by atoms with E-state index >= 15 is 0 Å². The minimum Gasteiger partial charge on any atom is -0.507 e. The van der Waals surface area contributed by atoms with Crippen molar-refractivity contribution < 1.29 is 29.0 Å². The number of allylic oxidation sites excluding steroid dienone is 2. The number of amides is 2. The molecule has 2 rings (SSSR count). The van der Waals surface area contributed by atoms with E-state index in [9.17, 15) is 24.3 Å². The number of phenolic OH excluding ortho intramolecular Hbond substituents is 1. The zero-order valence-electron chi connectivity index (χ0n) is 16.7. The second-order valence-corrected chi connectivity index (χ2v) is 6.84. The van der Waals surface area contributed by atoms with E-state index in [4.69, 9.17) is 10.5 Å². The fourth-order valence-electron chi connectivity index (χ4n) is 2.90. The van der Waals surface area contributed by atoms with Gasteiger partial charge >= 0.3 is 0 Å². The number of aromatic hydroxyl groups is 1. The molecular weight excluding hydrogens is 390 g/mol. The lowest BCUT2D eigenvalue weighted by atomic mass is 9.93. The number of carbonyl (C=O) groups excluding carboxylic acids is 4. The SMILES string of the molecule is NCCCCC(=O)NCCCCNC(=O)COC1=CC(=O)c2c(O)cccc2C1=O. The average molecular weight is 417 g/mol. The van der Waals surface area contributed by atoms with Crippen molar-refractivity contribution in [3.8, 4) is 5.75 Å². The maximum atomic E-state index is 12.4. The zero-order valence-corrected chi connectivity index (χ0v) is 16.7. The van der Waals surface area contributed by atoms with Crippen LogP contribution in [-0.4, -0.2) is 54.7 Å². The second-order valence-electron chi connectivity index (χ2n) is 6.84. The topological polar surface area (TPSA) is 148 Å². The number of fused-ring (bicyclic) bond motifs is 1. The molecule has 2 amide bonds. The summed E-state index contributed by atoms with van der Waals surface area (Å²) in [4.78, 5) is 47.9. The first-order valence-corrected chi connectivity index (χ1v) is 9.93. The van der Waals surface area contributed by atoms with Crippen molar-refractivity contribution in [2.24, 2.45) is 5.73 Å². The Morgan fingerprint density at radius 1 is 1.00 bits per heavy atom. The number of carbonyl (C=O) groups is 4. The van der Waals surface area contributed by atoms with E-state index in [0.717, 1.165) is 18.9 Å². The number of unbranched alkanes of at least 4 members (excludes halogenated alkanes) is 2. The van der Waals surface area contributed by atoms with Gasteiger partial charge in [-0.25, -0.2) is 0 Å². The van der Waals surface area contributed by atoms with Crippen molar-refractivity contribution in [3.05, 3.63) is 41.2 Å². The van der Waals surface area contributed by atoms with Crippen LogP contribution in [0.5, 0.6) is 5.75 Å². The molecule has 30 heavy (non-hydrogen) atoms. The molecule has 0 aliphatic heterocycles. The molecule has 5 N–H and O–H groups in total. The molecular formula is C21H27N3O6. The average Bonchev–Trinajstić information content (AvgIpc) is 2.72. The highest BCUT2D eigenvalue weighted by atomic mass is 16.5. The fraction of sp³-hybridized carbons (Fsp3) is 0.429. The summed E-state index contributed by atoms with van der Waals surface area (Å²) >= 11 is 0. The molecule has 9 heteroatoms. The number of nitrogens with two attached hydrogens (primary N) is 1. The van der Waals surface area contributed by atoms with Gasteiger partial charge in [-0.15, -0.1) is 0 Å². The monoisotopic (exact) mass is 417 g/mol. The van der Waals surface area contributed by atoms with Gasteiger partial charge in [0.05, 0.1) is 5.56 Å². The summed E-state index contributed by atoms with van der Waals surface area (Å²) < 4.78 is 5.21. The molecule has 1 aliphatic rings. The quantitative estimate of drug-likeness (QED) is 0.368. The van der Waals surface area contributed by atoms with Gasteiger partial charge in [-0.1, -0.05) is 6.07 Å². The number of hydrogen-bond acceptors (Lipinski definition) is 7. The van der Waals surface area contributed by atoms with E-state index < -0.39 is 24.1 Å². The van der Waals surface area contributed by atoms with Crippen LogP contribution in [0.1, 0.15) is 52.8 Å². The number of ketones is 2. The van der Waals surface area contributed by atoms with Gasteiger partial charge < -0.3 is 26.2 Å². The predicted molar refractivity (Wildman–Crippen MR) is 109 cm³/mol. The van der Waals surface area contributed by atoms with Crippen molar-refractivity contribution in [2.45, 2.75) is 32.1 Å². The van der Waals surface area contributed by atoms with Crippen LogP contribution in [0, 0.1) is 0 Å². The second kappa shape index (κ2) is 11.7. The summed E-state index contributed by atoms with van der Waals surface area (Å²) in [5, 5.41) is 15.2. The molecule has 0 atom stereocenters. The van der Waals surface area contributed by atoms with E-state index in [0.29, 0.717) is 38.9 Å². The first-order valence-electron chi connectivity index (χ1n) is 9.93. The molecule has 1 aromatic rings. The molecule has 9 nitrogen and oxygen atoms in total. The van der Waals surface area contributed by atoms with Crippen LogP contribution in [0.3, 0.4) is 0 Å².